The van der Waals surface area contributed by atoms with Gasteiger partial charge in [-0.3, -0.25) is 14.6 Å². The molecule has 1 saturated heterocycles. The smallest absolute Gasteiger partial charge is 0.266 e. The van der Waals surface area contributed by atoms with E-state index in [-0.39, 0.29) is 17.5 Å². The number of nitrogens with one attached hydrogen (secondary N) is 1. The molecule has 0 radical (unpaired) electrons. The Morgan fingerprint density at radius 3 is 2.97 bits per heavy atom. The average Bonchev–Trinajstić information content (AvgIpc) is 3.44. The number of likely N-dealkylation sites (tertiary alicyclic amines) is 1. The lowest BCUT2D eigenvalue weighted by molar-refractivity contribution is 0.0720. The van der Waals surface area contributed by atoms with Crippen molar-refractivity contribution in [1.82, 2.24) is 24.6 Å². The van der Waals surface area contributed by atoms with Crippen LogP contribution in [0, 0.1) is 0 Å². The van der Waals surface area contributed by atoms with Gasteiger partial charge >= 0.3 is 0 Å². The molecule has 1 aromatic carbocycles. The second kappa shape index (κ2) is 7.59. The zero-order chi connectivity index (χ0) is 20.5. The molecular formula is C23H21N5O2. The number of carbonyl (C=O) groups is 1. The van der Waals surface area contributed by atoms with Gasteiger partial charge in [0.15, 0.2) is 0 Å². The lowest BCUT2D eigenvalue weighted by Crippen LogP contribution is -2.40. The van der Waals surface area contributed by atoms with E-state index in [1.54, 1.807) is 18.5 Å². The van der Waals surface area contributed by atoms with E-state index in [2.05, 4.69) is 15.1 Å². The van der Waals surface area contributed by atoms with Gasteiger partial charge in [-0.2, -0.15) is 5.10 Å². The van der Waals surface area contributed by atoms with Crippen molar-refractivity contribution in [3.05, 3.63) is 83.0 Å². The molecule has 1 aliphatic rings. The third-order valence-electron chi connectivity index (χ3n) is 5.65. The number of aromatic amines is 1. The van der Waals surface area contributed by atoms with Crippen LogP contribution in [0.25, 0.3) is 22.2 Å². The second-order valence-electron chi connectivity index (χ2n) is 7.55. The van der Waals surface area contributed by atoms with E-state index in [0.717, 1.165) is 29.3 Å². The number of H-pyrrole nitrogens is 1. The number of hydrogen-bond acceptors (Lipinski definition) is 4. The van der Waals surface area contributed by atoms with E-state index >= 15 is 0 Å². The normalized spacial score (nSPS) is 16.3. The van der Waals surface area contributed by atoms with E-state index < -0.39 is 0 Å². The Morgan fingerprint density at radius 1 is 1.17 bits per heavy atom. The molecule has 4 heterocycles. The van der Waals surface area contributed by atoms with Crippen LogP contribution >= 0.6 is 0 Å². The van der Waals surface area contributed by atoms with Gasteiger partial charge in [0.05, 0.1) is 18.3 Å². The van der Waals surface area contributed by atoms with Gasteiger partial charge in [0.1, 0.15) is 0 Å². The van der Waals surface area contributed by atoms with Crippen LogP contribution in [-0.2, 0) is 6.54 Å². The summed E-state index contributed by atoms with van der Waals surface area (Å²) in [5, 5.41) is 5.54. The Balaban J connectivity index is 1.40. The molecule has 1 aliphatic heterocycles. The van der Waals surface area contributed by atoms with Crippen molar-refractivity contribution in [2.75, 3.05) is 6.54 Å². The SMILES string of the molecule is O=C(c1ccc2[nH]ccc2c1)N1CCCC1Cn1nc(-c2cccnc2)ccc1=O. The molecular weight excluding hydrogens is 378 g/mol. The van der Waals surface area contributed by atoms with Gasteiger partial charge in [0, 0.05) is 53.2 Å². The summed E-state index contributed by atoms with van der Waals surface area (Å²) in [6, 6.07) is 14.6. The fourth-order valence-corrected chi connectivity index (χ4v) is 4.09. The van der Waals surface area contributed by atoms with Gasteiger partial charge < -0.3 is 9.88 Å². The van der Waals surface area contributed by atoms with Crippen LogP contribution in [0.5, 0.6) is 0 Å². The number of rotatable bonds is 4. The largest absolute Gasteiger partial charge is 0.361 e. The maximum Gasteiger partial charge on any atom is 0.266 e. The van der Waals surface area contributed by atoms with Gasteiger partial charge in [-0.1, -0.05) is 0 Å². The van der Waals surface area contributed by atoms with Crippen LogP contribution in [0.3, 0.4) is 0 Å². The summed E-state index contributed by atoms with van der Waals surface area (Å²) < 4.78 is 1.47. The van der Waals surface area contributed by atoms with Crippen molar-refractivity contribution in [1.29, 1.82) is 0 Å². The summed E-state index contributed by atoms with van der Waals surface area (Å²) in [5.41, 5.74) is 3.04. The topological polar surface area (TPSA) is 83.9 Å². The molecule has 1 N–H and O–H groups in total. The highest BCUT2D eigenvalue weighted by atomic mass is 16.2. The molecule has 3 aromatic heterocycles. The first-order valence-corrected chi connectivity index (χ1v) is 10.1. The highest BCUT2D eigenvalue weighted by molar-refractivity contribution is 5.98. The van der Waals surface area contributed by atoms with Gasteiger partial charge in [-0.05, 0) is 55.3 Å². The molecule has 0 saturated carbocycles. The first-order chi connectivity index (χ1) is 14.7. The van der Waals surface area contributed by atoms with Gasteiger partial charge in [0.25, 0.3) is 11.5 Å². The molecule has 0 spiro atoms. The van der Waals surface area contributed by atoms with Crippen molar-refractivity contribution in [3.63, 3.8) is 0 Å². The van der Waals surface area contributed by atoms with Crippen molar-refractivity contribution in [2.24, 2.45) is 0 Å². The zero-order valence-corrected chi connectivity index (χ0v) is 16.4. The molecule has 1 amide bonds. The minimum absolute atomic E-state index is 0.00272. The third-order valence-corrected chi connectivity index (χ3v) is 5.65. The van der Waals surface area contributed by atoms with Crippen molar-refractivity contribution < 1.29 is 4.79 Å². The minimum atomic E-state index is -0.171. The van der Waals surface area contributed by atoms with Gasteiger partial charge in [-0.25, -0.2) is 4.68 Å². The Morgan fingerprint density at radius 2 is 2.10 bits per heavy atom. The maximum absolute atomic E-state index is 13.2. The molecule has 7 heteroatoms. The molecule has 0 bridgehead atoms. The number of benzene rings is 1. The number of hydrogen-bond donors (Lipinski definition) is 1. The molecule has 30 heavy (non-hydrogen) atoms. The molecule has 150 valence electrons. The molecule has 0 aliphatic carbocycles. The Labute approximate surface area is 173 Å². The van der Waals surface area contributed by atoms with Crippen LogP contribution in [0.4, 0.5) is 0 Å². The van der Waals surface area contributed by atoms with Crippen LogP contribution in [0.2, 0.25) is 0 Å². The summed E-state index contributed by atoms with van der Waals surface area (Å²) in [6.45, 7) is 1.07. The summed E-state index contributed by atoms with van der Waals surface area (Å²) in [5.74, 6) is -0.00272. The average molecular weight is 399 g/mol. The second-order valence-corrected chi connectivity index (χ2v) is 7.55. The number of carbonyl (C=O) groups excluding carboxylic acids is 1. The van der Waals surface area contributed by atoms with Crippen molar-refractivity contribution >= 4 is 16.8 Å². The summed E-state index contributed by atoms with van der Waals surface area (Å²) >= 11 is 0. The van der Waals surface area contributed by atoms with E-state index in [4.69, 9.17) is 0 Å². The number of pyridine rings is 1. The van der Waals surface area contributed by atoms with E-state index in [1.807, 2.05) is 47.5 Å². The van der Waals surface area contributed by atoms with Gasteiger partial charge in [0.2, 0.25) is 0 Å². The summed E-state index contributed by atoms with van der Waals surface area (Å²) in [6.07, 6.45) is 7.06. The number of fused-ring (bicyclic) bond motifs is 1. The fraction of sp³-hybridized carbons (Fsp3) is 0.217. The highest BCUT2D eigenvalue weighted by Gasteiger charge is 2.30. The molecule has 4 aromatic rings. The van der Waals surface area contributed by atoms with Crippen LogP contribution in [0.15, 0.2) is 71.9 Å². The third kappa shape index (κ3) is 3.39. The molecule has 1 unspecified atom stereocenters. The maximum atomic E-state index is 13.2. The quantitative estimate of drug-likeness (QED) is 0.572. The molecule has 7 nitrogen and oxygen atoms in total. The van der Waals surface area contributed by atoms with Crippen LogP contribution < -0.4 is 5.56 Å². The summed E-state index contributed by atoms with van der Waals surface area (Å²) in [4.78, 5) is 34.8. The first kappa shape index (κ1) is 18.3. The van der Waals surface area contributed by atoms with E-state index in [9.17, 15) is 9.59 Å². The Bertz CT molecular complexity index is 1260. The van der Waals surface area contributed by atoms with Crippen LogP contribution in [0.1, 0.15) is 23.2 Å². The Hall–Kier alpha value is -3.74. The summed E-state index contributed by atoms with van der Waals surface area (Å²) in [7, 11) is 0. The monoisotopic (exact) mass is 399 g/mol. The molecule has 1 atom stereocenters. The predicted octanol–water partition coefficient (Wildman–Crippen LogP) is 3.09. The Kier molecular flexibility index (Phi) is 4.63. The van der Waals surface area contributed by atoms with Crippen molar-refractivity contribution in [3.8, 4) is 11.3 Å². The molecule has 5 rings (SSSR count). The first-order valence-electron chi connectivity index (χ1n) is 10.1. The van der Waals surface area contributed by atoms with E-state index in [0.29, 0.717) is 24.3 Å². The highest BCUT2D eigenvalue weighted by Crippen LogP contribution is 2.23. The lowest BCUT2D eigenvalue weighted by Gasteiger charge is -2.25. The number of amides is 1. The van der Waals surface area contributed by atoms with Crippen molar-refractivity contribution in [2.45, 2.75) is 25.4 Å². The van der Waals surface area contributed by atoms with E-state index in [1.165, 1.54) is 10.7 Å². The zero-order valence-electron chi connectivity index (χ0n) is 16.4. The standard InChI is InChI=1S/C23H21N5O2/c29-22-8-7-21(18-3-1-10-24-14-18)26-28(22)15-19-4-2-12-27(19)23(30)17-5-6-20-16(13-17)9-11-25-20/h1,3,5-11,13-14,19,25H,2,4,12,15H2. The lowest BCUT2D eigenvalue weighted by atomic mass is 10.1. The minimum Gasteiger partial charge on any atom is -0.361 e. The van der Waals surface area contributed by atoms with Crippen LogP contribution in [-0.4, -0.2) is 43.1 Å². The van der Waals surface area contributed by atoms with Gasteiger partial charge in [-0.15, -0.1) is 0 Å². The predicted molar refractivity (Wildman–Crippen MR) is 114 cm³/mol. The fourth-order valence-electron chi connectivity index (χ4n) is 4.09. The number of aromatic nitrogens is 4. The number of nitrogens with zero attached hydrogens (tertiary/aromatic N) is 4. The molecule has 1 fully saturated rings.